The normalized spacial score (nSPS) is 24.6. The predicted molar refractivity (Wildman–Crippen MR) is 108 cm³/mol. The first-order chi connectivity index (χ1) is 14.6. The second-order valence-electron chi connectivity index (χ2n) is 8.08. The highest BCUT2D eigenvalue weighted by atomic mass is 16.6. The van der Waals surface area contributed by atoms with Crippen LogP contribution < -0.4 is 5.32 Å². The van der Waals surface area contributed by atoms with Gasteiger partial charge in [0.15, 0.2) is 0 Å². The van der Waals surface area contributed by atoms with E-state index >= 15 is 0 Å². The molecule has 1 aliphatic carbocycles. The zero-order valence-electron chi connectivity index (χ0n) is 16.3. The Balaban J connectivity index is 1.35. The second kappa shape index (κ2) is 7.16. The highest BCUT2D eigenvalue weighted by Gasteiger charge is 2.50. The van der Waals surface area contributed by atoms with Crippen molar-refractivity contribution in [1.82, 2.24) is 10.2 Å². The first kappa shape index (κ1) is 18.7. The van der Waals surface area contributed by atoms with Crippen LogP contribution in [0, 0.1) is 11.8 Å². The van der Waals surface area contributed by atoms with Crippen molar-refractivity contribution in [2.24, 2.45) is 11.8 Å². The van der Waals surface area contributed by atoms with Crippen molar-refractivity contribution in [3.63, 3.8) is 0 Å². The molecule has 0 radical (unpaired) electrons. The number of likely N-dealkylation sites (tertiary alicyclic amines) is 1. The Kier molecular flexibility index (Phi) is 4.46. The largest absolute Gasteiger partial charge is 0.480 e. The molecule has 0 bridgehead atoms. The van der Waals surface area contributed by atoms with E-state index < -0.39 is 24.0 Å². The summed E-state index contributed by atoms with van der Waals surface area (Å²) in [5, 5.41) is 12.5. The smallest absolute Gasteiger partial charge is 0.410 e. The molecule has 0 aromatic heterocycles. The van der Waals surface area contributed by atoms with Gasteiger partial charge in [-0.1, -0.05) is 48.5 Å². The third-order valence-corrected chi connectivity index (χ3v) is 6.61. The molecule has 0 saturated carbocycles. The van der Waals surface area contributed by atoms with Gasteiger partial charge in [-0.05, 0) is 28.7 Å². The van der Waals surface area contributed by atoms with Crippen molar-refractivity contribution in [2.45, 2.75) is 18.4 Å². The predicted octanol–water partition coefficient (Wildman–Crippen LogP) is 2.46. The van der Waals surface area contributed by atoms with Crippen LogP contribution in [-0.2, 0) is 14.3 Å². The standard InChI is InChI=1S/C23H22N2O5/c26-21-17-9-10-25(20(22(27)28)18(17)11-24-21)23(29)30-12-19-15-7-3-1-5-13(15)14-6-2-4-8-16(14)19/h1-8,17-20H,9-12H2,(H,24,26)(H,27,28). The number of amides is 2. The fourth-order valence-electron chi connectivity index (χ4n) is 5.21. The minimum absolute atomic E-state index is 0.0862. The minimum atomic E-state index is -1.10. The summed E-state index contributed by atoms with van der Waals surface area (Å²) >= 11 is 0. The van der Waals surface area contributed by atoms with Gasteiger partial charge in [-0.15, -0.1) is 0 Å². The zero-order valence-corrected chi connectivity index (χ0v) is 16.3. The molecule has 30 heavy (non-hydrogen) atoms. The van der Waals surface area contributed by atoms with E-state index in [1.165, 1.54) is 4.90 Å². The maximum absolute atomic E-state index is 12.9. The molecule has 2 aliphatic heterocycles. The SMILES string of the molecule is O=C1NCC2C1CCN(C(=O)OCC1c3ccccc3-c3ccccc31)C2C(=O)O. The Morgan fingerprint density at radius 2 is 1.70 bits per heavy atom. The Labute approximate surface area is 173 Å². The highest BCUT2D eigenvalue weighted by molar-refractivity contribution is 5.87. The number of nitrogens with one attached hydrogen (secondary N) is 1. The fourth-order valence-corrected chi connectivity index (χ4v) is 5.21. The molecule has 7 nitrogen and oxygen atoms in total. The third-order valence-electron chi connectivity index (χ3n) is 6.61. The molecule has 0 spiro atoms. The number of benzene rings is 2. The van der Waals surface area contributed by atoms with Gasteiger partial charge in [0.1, 0.15) is 12.6 Å². The van der Waals surface area contributed by atoms with Crippen LogP contribution in [0.5, 0.6) is 0 Å². The number of hydrogen-bond donors (Lipinski definition) is 2. The average molecular weight is 406 g/mol. The van der Waals surface area contributed by atoms with Gasteiger partial charge in [0, 0.05) is 30.8 Å². The van der Waals surface area contributed by atoms with Crippen molar-refractivity contribution in [1.29, 1.82) is 0 Å². The quantitative estimate of drug-likeness (QED) is 0.816. The molecule has 2 aromatic rings. The maximum atomic E-state index is 12.9. The molecule has 2 saturated heterocycles. The summed E-state index contributed by atoms with van der Waals surface area (Å²) < 4.78 is 5.65. The van der Waals surface area contributed by atoms with E-state index in [0.29, 0.717) is 6.42 Å². The Hall–Kier alpha value is -3.35. The van der Waals surface area contributed by atoms with E-state index in [2.05, 4.69) is 17.4 Å². The van der Waals surface area contributed by atoms with E-state index in [4.69, 9.17) is 4.74 Å². The van der Waals surface area contributed by atoms with E-state index in [1.54, 1.807) is 0 Å². The minimum Gasteiger partial charge on any atom is -0.480 e. The summed E-state index contributed by atoms with van der Waals surface area (Å²) in [7, 11) is 0. The van der Waals surface area contributed by atoms with Crippen molar-refractivity contribution < 1.29 is 24.2 Å². The van der Waals surface area contributed by atoms with Crippen LogP contribution in [-0.4, -0.2) is 53.7 Å². The van der Waals surface area contributed by atoms with Crippen LogP contribution in [0.2, 0.25) is 0 Å². The van der Waals surface area contributed by atoms with Gasteiger partial charge >= 0.3 is 12.1 Å². The molecule has 3 aliphatic rings. The molecule has 3 unspecified atom stereocenters. The number of fused-ring (bicyclic) bond motifs is 4. The lowest BCUT2D eigenvalue weighted by Crippen LogP contribution is -2.55. The lowest BCUT2D eigenvalue weighted by molar-refractivity contribution is -0.147. The van der Waals surface area contributed by atoms with Gasteiger partial charge in [0.25, 0.3) is 0 Å². The van der Waals surface area contributed by atoms with Crippen LogP contribution >= 0.6 is 0 Å². The van der Waals surface area contributed by atoms with Gasteiger partial charge in [-0.3, -0.25) is 9.69 Å². The van der Waals surface area contributed by atoms with Crippen LogP contribution in [0.3, 0.4) is 0 Å². The molecular weight excluding hydrogens is 384 g/mol. The monoisotopic (exact) mass is 406 g/mol. The molecule has 5 rings (SSSR count). The summed E-state index contributed by atoms with van der Waals surface area (Å²) in [5.41, 5.74) is 4.47. The maximum Gasteiger partial charge on any atom is 0.410 e. The van der Waals surface area contributed by atoms with Crippen molar-refractivity contribution in [3.8, 4) is 11.1 Å². The van der Waals surface area contributed by atoms with Crippen molar-refractivity contribution in [2.75, 3.05) is 19.7 Å². The topological polar surface area (TPSA) is 95.9 Å². The molecule has 3 atom stereocenters. The van der Waals surface area contributed by atoms with Gasteiger partial charge < -0.3 is 15.2 Å². The lowest BCUT2D eigenvalue weighted by Gasteiger charge is -2.38. The average Bonchev–Trinajstić information content (AvgIpc) is 3.29. The number of hydrogen-bond acceptors (Lipinski definition) is 4. The Morgan fingerprint density at radius 3 is 2.33 bits per heavy atom. The molecule has 2 amide bonds. The van der Waals surface area contributed by atoms with Gasteiger partial charge in [0.05, 0.1) is 0 Å². The number of aliphatic carboxylic acids is 1. The molecule has 2 aromatic carbocycles. The summed E-state index contributed by atoms with van der Waals surface area (Å²) in [5.74, 6) is -2.10. The summed E-state index contributed by atoms with van der Waals surface area (Å²) in [6.45, 7) is 0.608. The first-order valence-corrected chi connectivity index (χ1v) is 10.2. The first-order valence-electron chi connectivity index (χ1n) is 10.2. The number of ether oxygens (including phenoxy) is 1. The van der Waals surface area contributed by atoms with Crippen LogP contribution in [0.4, 0.5) is 4.79 Å². The Bertz CT molecular complexity index is 990. The van der Waals surface area contributed by atoms with E-state index in [0.717, 1.165) is 22.3 Å². The van der Waals surface area contributed by atoms with Gasteiger partial charge in [-0.2, -0.15) is 0 Å². The number of piperidine rings is 1. The van der Waals surface area contributed by atoms with Crippen molar-refractivity contribution >= 4 is 18.0 Å². The molecule has 2 heterocycles. The summed E-state index contributed by atoms with van der Waals surface area (Å²) in [6.07, 6.45) is -0.188. The van der Waals surface area contributed by atoms with Gasteiger partial charge in [0.2, 0.25) is 5.91 Å². The number of rotatable bonds is 3. The number of carbonyl (C=O) groups is 3. The highest BCUT2D eigenvalue weighted by Crippen LogP contribution is 2.44. The number of carboxylic acid groups (broad SMARTS) is 1. The van der Waals surface area contributed by atoms with Crippen LogP contribution in [0.25, 0.3) is 11.1 Å². The second-order valence-corrected chi connectivity index (χ2v) is 8.08. The molecule has 2 fully saturated rings. The number of carbonyl (C=O) groups excluding carboxylic acids is 2. The lowest BCUT2D eigenvalue weighted by atomic mass is 9.82. The van der Waals surface area contributed by atoms with E-state index in [9.17, 15) is 19.5 Å². The molecule has 154 valence electrons. The number of nitrogens with zero attached hydrogens (tertiary/aromatic N) is 1. The summed E-state index contributed by atoms with van der Waals surface area (Å²) in [6, 6.07) is 15.0. The van der Waals surface area contributed by atoms with E-state index in [1.807, 2.05) is 36.4 Å². The van der Waals surface area contributed by atoms with Crippen LogP contribution in [0.15, 0.2) is 48.5 Å². The molecular formula is C23H22N2O5. The summed E-state index contributed by atoms with van der Waals surface area (Å²) in [4.78, 5) is 38.0. The molecule has 2 N–H and O–H groups in total. The molecule has 7 heteroatoms. The van der Waals surface area contributed by atoms with E-state index in [-0.39, 0.29) is 37.4 Å². The Morgan fingerprint density at radius 1 is 1.07 bits per heavy atom. The fraction of sp³-hybridized carbons (Fsp3) is 0.348. The van der Waals surface area contributed by atoms with Gasteiger partial charge in [-0.25, -0.2) is 9.59 Å². The van der Waals surface area contributed by atoms with Crippen molar-refractivity contribution in [3.05, 3.63) is 59.7 Å². The third kappa shape index (κ3) is 2.84. The zero-order chi connectivity index (χ0) is 20.8. The number of carboxylic acids is 1. The van der Waals surface area contributed by atoms with Crippen LogP contribution in [0.1, 0.15) is 23.5 Å².